The van der Waals surface area contributed by atoms with Crippen molar-refractivity contribution in [1.29, 1.82) is 0 Å². The average molecular weight is 477 g/mol. The van der Waals surface area contributed by atoms with Crippen molar-refractivity contribution in [2.75, 3.05) is 11.9 Å². The fourth-order valence-electron chi connectivity index (χ4n) is 2.15. The maximum absolute atomic E-state index is 12.1. The fraction of sp³-hybridized carbons (Fsp3) is 0.105. The molecule has 26 heavy (non-hydrogen) atoms. The van der Waals surface area contributed by atoms with E-state index in [1.165, 1.54) is 11.8 Å². The van der Waals surface area contributed by atoms with Crippen LogP contribution in [0.2, 0.25) is 0 Å². The van der Waals surface area contributed by atoms with Crippen LogP contribution in [0.1, 0.15) is 5.56 Å². The number of hydrogen-bond donors (Lipinski definition) is 1. The second kappa shape index (κ2) is 9.00. The van der Waals surface area contributed by atoms with Gasteiger partial charge in [0, 0.05) is 26.5 Å². The number of aromatic nitrogens is 2. The second-order valence-electron chi connectivity index (χ2n) is 5.40. The third kappa shape index (κ3) is 5.43. The van der Waals surface area contributed by atoms with Gasteiger partial charge in [0.05, 0.1) is 0 Å². The number of carbonyl (C=O) groups is 1. The average Bonchev–Trinajstić information content (AvgIpc) is 2.64. The Bertz CT molecular complexity index is 889. The van der Waals surface area contributed by atoms with Crippen LogP contribution in [0.15, 0.2) is 71.0 Å². The van der Waals surface area contributed by atoms with Gasteiger partial charge in [-0.25, -0.2) is 9.97 Å². The van der Waals surface area contributed by atoms with E-state index >= 15 is 0 Å². The largest absolute Gasteiger partial charge is 0.484 e. The summed E-state index contributed by atoms with van der Waals surface area (Å²) in [6, 6.07) is 15.2. The summed E-state index contributed by atoms with van der Waals surface area (Å²) in [5.41, 5.74) is 1.73. The van der Waals surface area contributed by atoms with Gasteiger partial charge in [-0.2, -0.15) is 0 Å². The predicted molar refractivity (Wildman–Crippen MR) is 111 cm³/mol. The molecule has 0 unspecified atom stereocenters. The highest BCUT2D eigenvalue weighted by molar-refractivity contribution is 14.1. The van der Waals surface area contributed by atoms with E-state index in [1.54, 1.807) is 18.5 Å². The van der Waals surface area contributed by atoms with Crippen LogP contribution in [-0.2, 0) is 4.79 Å². The van der Waals surface area contributed by atoms with E-state index < -0.39 is 0 Å². The maximum Gasteiger partial charge on any atom is 0.262 e. The van der Waals surface area contributed by atoms with Crippen LogP contribution in [0.25, 0.3) is 0 Å². The highest BCUT2D eigenvalue weighted by atomic mass is 127. The molecule has 3 rings (SSSR count). The first-order chi connectivity index (χ1) is 12.6. The van der Waals surface area contributed by atoms with E-state index in [1.807, 2.05) is 49.4 Å². The minimum Gasteiger partial charge on any atom is -0.484 e. The number of anilines is 1. The molecule has 0 aliphatic heterocycles. The quantitative estimate of drug-likeness (QED) is 0.417. The number of nitrogens with zero attached hydrogens (tertiary/aromatic N) is 2. The number of nitrogens with one attached hydrogen (secondary N) is 1. The predicted octanol–water partition coefficient (Wildman–Crippen LogP) is 4.56. The van der Waals surface area contributed by atoms with E-state index in [9.17, 15) is 4.79 Å². The van der Waals surface area contributed by atoms with Gasteiger partial charge in [0.15, 0.2) is 11.8 Å². The van der Waals surface area contributed by atoms with Gasteiger partial charge in [0.25, 0.3) is 5.91 Å². The summed E-state index contributed by atoms with van der Waals surface area (Å²) in [5.74, 6) is 0.477. The van der Waals surface area contributed by atoms with Crippen molar-refractivity contribution in [3.05, 3.63) is 70.1 Å². The Morgan fingerprint density at radius 1 is 1.15 bits per heavy atom. The first-order valence-electron chi connectivity index (χ1n) is 7.84. The van der Waals surface area contributed by atoms with E-state index in [2.05, 4.69) is 37.9 Å². The van der Waals surface area contributed by atoms with Crippen molar-refractivity contribution in [1.82, 2.24) is 9.97 Å². The van der Waals surface area contributed by atoms with E-state index in [4.69, 9.17) is 4.74 Å². The summed E-state index contributed by atoms with van der Waals surface area (Å²) < 4.78 is 6.62. The fourth-order valence-corrected chi connectivity index (χ4v) is 3.32. The van der Waals surface area contributed by atoms with Crippen molar-refractivity contribution in [3.63, 3.8) is 0 Å². The Balaban J connectivity index is 1.57. The van der Waals surface area contributed by atoms with Gasteiger partial charge < -0.3 is 10.1 Å². The van der Waals surface area contributed by atoms with Gasteiger partial charge in [-0.3, -0.25) is 4.79 Å². The van der Waals surface area contributed by atoms with Gasteiger partial charge in [-0.15, -0.1) is 0 Å². The van der Waals surface area contributed by atoms with Crippen molar-refractivity contribution in [3.8, 4) is 5.75 Å². The smallest absolute Gasteiger partial charge is 0.262 e. The van der Waals surface area contributed by atoms with Gasteiger partial charge in [0.2, 0.25) is 0 Å². The SMILES string of the molecule is Cc1cc(Sc2ncccn2)ccc1NC(=O)COc1ccc(I)cc1. The summed E-state index contributed by atoms with van der Waals surface area (Å²) >= 11 is 3.70. The molecule has 0 aliphatic carbocycles. The Morgan fingerprint density at radius 3 is 2.58 bits per heavy atom. The van der Waals surface area contributed by atoms with Crippen molar-refractivity contribution in [2.45, 2.75) is 17.0 Å². The molecule has 0 fully saturated rings. The van der Waals surface area contributed by atoms with Crippen LogP contribution in [0.5, 0.6) is 5.75 Å². The molecule has 0 atom stereocenters. The molecule has 0 saturated heterocycles. The molecule has 7 heteroatoms. The molecule has 0 aliphatic rings. The number of aryl methyl sites for hydroxylation is 1. The maximum atomic E-state index is 12.1. The number of rotatable bonds is 6. The Kier molecular flexibility index (Phi) is 6.45. The molecule has 0 saturated carbocycles. The lowest BCUT2D eigenvalue weighted by molar-refractivity contribution is -0.118. The van der Waals surface area contributed by atoms with E-state index in [0.29, 0.717) is 10.9 Å². The molecule has 1 N–H and O–H groups in total. The van der Waals surface area contributed by atoms with E-state index in [0.717, 1.165) is 19.7 Å². The molecule has 0 bridgehead atoms. The zero-order valence-electron chi connectivity index (χ0n) is 14.0. The zero-order valence-corrected chi connectivity index (χ0v) is 17.0. The van der Waals surface area contributed by atoms with Crippen LogP contribution in [0.4, 0.5) is 5.69 Å². The molecule has 5 nitrogen and oxygen atoms in total. The summed E-state index contributed by atoms with van der Waals surface area (Å²) in [7, 11) is 0. The van der Waals surface area contributed by atoms with Gasteiger partial charge >= 0.3 is 0 Å². The monoisotopic (exact) mass is 477 g/mol. The third-order valence-corrected chi connectivity index (χ3v) is 5.01. The molecule has 2 aromatic carbocycles. The summed E-state index contributed by atoms with van der Waals surface area (Å²) in [4.78, 5) is 21.5. The van der Waals surface area contributed by atoms with Crippen LogP contribution in [-0.4, -0.2) is 22.5 Å². The highest BCUT2D eigenvalue weighted by Gasteiger charge is 2.08. The molecular weight excluding hydrogens is 461 g/mol. The highest BCUT2D eigenvalue weighted by Crippen LogP contribution is 2.27. The molecule has 0 spiro atoms. The van der Waals surface area contributed by atoms with Crippen molar-refractivity contribution >= 4 is 45.9 Å². The van der Waals surface area contributed by atoms with Crippen LogP contribution < -0.4 is 10.1 Å². The number of halogens is 1. The summed E-state index contributed by atoms with van der Waals surface area (Å²) in [6.07, 6.45) is 3.43. The molecular formula is C19H16IN3O2S. The van der Waals surface area contributed by atoms with Gasteiger partial charge in [-0.1, -0.05) is 0 Å². The van der Waals surface area contributed by atoms with Crippen LogP contribution >= 0.6 is 34.4 Å². The number of carbonyl (C=O) groups excluding carboxylic acids is 1. The Labute approximate surface area is 169 Å². The van der Waals surface area contributed by atoms with Crippen LogP contribution in [0, 0.1) is 10.5 Å². The third-order valence-electron chi connectivity index (χ3n) is 3.41. The minimum atomic E-state index is -0.196. The number of amides is 1. The lowest BCUT2D eigenvalue weighted by atomic mass is 10.2. The van der Waals surface area contributed by atoms with Crippen molar-refractivity contribution in [2.24, 2.45) is 0 Å². The number of ether oxygens (including phenoxy) is 1. The summed E-state index contributed by atoms with van der Waals surface area (Å²) in [5, 5.41) is 3.57. The molecule has 0 radical (unpaired) electrons. The van der Waals surface area contributed by atoms with Crippen molar-refractivity contribution < 1.29 is 9.53 Å². The van der Waals surface area contributed by atoms with Crippen LogP contribution in [0.3, 0.4) is 0 Å². The first-order valence-corrected chi connectivity index (χ1v) is 9.73. The van der Waals surface area contributed by atoms with E-state index in [-0.39, 0.29) is 12.5 Å². The minimum absolute atomic E-state index is 0.0333. The topological polar surface area (TPSA) is 64.1 Å². The van der Waals surface area contributed by atoms with Gasteiger partial charge in [0.1, 0.15) is 5.75 Å². The molecule has 1 amide bonds. The lowest BCUT2D eigenvalue weighted by Gasteiger charge is -2.11. The van der Waals surface area contributed by atoms with Gasteiger partial charge in [-0.05, 0) is 95.4 Å². The lowest BCUT2D eigenvalue weighted by Crippen LogP contribution is -2.20. The standard InChI is InChI=1S/C19H16IN3O2S/c1-13-11-16(26-19-21-9-2-10-22-19)7-8-17(13)23-18(24)12-25-15-5-3-14(20)4-6-15/h2-11H,12H2,1H3,(H,23,24). The second-order valence-corrected chi connectivity index (χ2v) is 7.69. The number of benzene rings is 2. The zero-order chi connectivity index (χ0) is 18.4. The summed E-state index contributed by atoms with van der Waals surface area (Å²) in [6.45, 7) is 1.92. The number of hydrogen-bond acceptors (Lipinski definition) is 5. The molecule has 132 valence electrons. The molecule has 1 aromatic heterocycles. The Hall–Kier alpha value is -2.13. The molecule has 1 heterocycles. The molecule has 3 aromatic rings. The first kappa shape index (κ1) is 18.7. The Morgan fingerprint density at radius 2 is 1.88 bits per heavy atom. The normalized spacial score (nSPS) is 10.4.